The normalized spacial score (nSPS) is 22.1. The minimum atomic E-state index is -4.53. The van der Waals surface area contributed by atoms with Crippen LogP contribution in [0.5, 0.6) is 0 Å². The van der Waals surface area contributed by atoms with Crippen molar-refractivity contribution in [2.75, 3.05) is 5.32 Å². The van der Waals surface area contributed by atoms with Crippen LogP contribution >= 0.6 is 15.9 Å². The second-order valence-corrected chi connectivity index (χ2v) is 5.48. The van der Waals surface area contributed by atoms with E-state index in [0.717, 1.165) is 6.07 Å². The maximum Gasteiger partial charge on any atom is 0.418 e. The molecule has 0 spiro atoms. The van der Waals surface area contributed by atoms with Crippen LogP contribution in [0.1, 0.15) is 12.0 Å². The smallest absolute Gasteiger partial charge is 0.325 e. The van der Waals surface area contributed by atoms with Gasteiger partial charge in [-0.3, -0.25) is 4.79 Å². The summed E-state index contributed by atoms with van der Waals surface area (Å²) in [5.74, 6) is -0.975. The fourth-order valence-electron chi connectivity index (χ4n) is 2.01. The Morgan fingerprint density at radius 2 is 2.05 bits per heavy atom. The SMILES string of the molecule is NC1C=CC(C(=O)Nc2ccc(Br)cc2C(F)(F)F)C1. The van der Waals surface area contributed by atoms with Crippen molar-refractivity contribution >= 4 is 27.5 Å². The molecule has 3 N–H and O–H groups in total. The van der Waals surface area contributed by atoms with E-state index in [1.807, 2.05) is 0 Å². The molecule has 0 aliphatic heterocycles. The van der Waals surface area contributed by atoms with E-state index in [9.17, 15) is 18.0 Å². The third-order valence-electron chi connectivity index (χ3n) is 3.00. The molecule has 1 aliphatic rings. The molecule has 108 valence electrons. The number of nitrogens with one attached hydrogen (secondary N) is 1. The number of anilines is 1. The number of halogens is 4. The van der Waals surface area contributed by atoms with E-state index in [1.165, 1.54) is 12.1 Å². The molecule has 0 radical (unpaired) electrons. The first kappa shape index (κ1) is 15.1. The van der Waals surface area contributed by atoms with E-state index in [2.05, 4.69) is 21.2 Å². The van der Waals surface area contributed by atoms with Crippen molar-refractivity contribution in [1.29, 1.82) is 0 Å². The molecule has 0 fully saturated rings. The van der Waals surface area contributed by atoms with E-state index in [0.29, 0.717) is 10.9 Å². The van der Waals surface area contributed by atoms with Crippen LogP contribution in [0, 0.1) is 5.92 Å². The molecular weight excluding hydrogens is 337 g/mol. The zero-order valence-corrected chi connectivity index (χ0v) is 11.8. The number of carbonyl (C=O) groups excluding carboxylic acids is 1. The fourth-order valence-corrected chi connectivity index (χ4v) is 2.37. The molecule has 0 saturated heterocycles. The minimum Gasteiger partial charge on any atom is -0.325 e. The van der Waals surface area contributed by atoms with Gasteiger partial charge in [-0.15, -0.1) is 0 Å². The molecule has 7 heteroatoms. The highest BCUT2D eigenvalue weighted by atomic mass is 79.9. The van der Waals surface area contributed by atoms with Gasteiger partial charge < -0.3 is 11.1 Å². The molecular formula is C13H12BrF3N2O. The summed E-state index contributed by atoms with van der Waals surface area (Å²) in [4.78, 5) is 11.9. The number of rotatable bonds is 2. The van der Waals surface area contributed by atoms with Crippen LogP contribution < -0.4 is 11.1 Å². The Labute approximate surface area is 122 Å². The van der Waals surface area contributed by atoms with Gasteiger partial charge in [0, 0.05) is 10.5 Å². The number of hydrogen-bond donors (Lipinski definition) is 2. The fraction of sp³-hybridized carbons (Fsp3) is 0.308. The van der Waals surface area contributed by atoms with Gasteiger partial charge in [-0.05, 0) is 24.6 Å². The minimum absolute atomic E-state index is 0.224. The van der Waals surface area contributed by atoms with Gasteiger partial charge in [-0.1, -0.05) is 28.1 Å². The van der Waals surface area contributed by atoms with E-state index < -0.39 is 23.6 Å². The van der Waals surface area contributed by atoms with Crippen molar-refractivity contribution in [3.05, 3.63) is 40.4 Å². The van der Waals surface area contributed by atoms with Crippen molar-refractivity contribution in [3.8, 4) is 0 Å². The Balaban J connectivity index is 2.21. The van der Waals surface area contributed by atoms with Crippen LogP contribution in [0.4, 0.5) is 18.9 Å². The maximum absolute atomic E-state index is 12.9. The van der Waals surface area contributed by atoms with Gasteiger partial charge in [-0.25, -0.2) is 0 Å². The first-order valence-corrected chi connectivity index (χ1v) is 6.68. The molecule has 3 nitrogen and oxygen atoms in total. The Bertz CT molecular complexity index is 557. The van der Waals surface area contributed by atoms with E-state index in [4.69, 9.17) is 5.73 Å². The zero-order chi connectivity index (χ0) is 14.9. The number of benzene rings is 1. The van der Waals surface area contributed by atoms with Gasteiger partial charge in [-0.2, -0.15) is 13.2 Å². The summed E-state index contributed by atoms with van der Waals surface area (Å²) >= 11 is 2.99. The molecule has 2 unspecified atom stereocenters. The molecule has 0 aromatic heterocycles. The average Bonchev–Trinajstić information content (AvgIpc) is 2.77. The lowest BCUT2D eigenvalue weighted by Gasteiger charge is -2.16. The summed E-state index contributed by atoms with van der Waals surface area (Å²) in [7, 11) is 0. The molecule has 0 heterocycles. The van der Waals surface area contributed by atoms with E-state index in [1.54, 1.807) is 12.2 Å². The van der Waals surface area contributed by atoms with Gasteiger partial charge >= 0.3 is 6.18 Å². The van der Waals surface area contributed by atoms with E-state index >= 15 is 0 Å². The third-order valence-corrected chi connectivity index (χ3v) is 3.49. The standard InChI is InChI=1S/C13H12BrF3N2O/c14-8-2-4-11(10(6-8)13(15,16)17)19-12(20)7-1-3-9(18)5-7/h1-4,6-7,9H,5,18H2,(H,19,20). The van der Waals surface area contributed by atoms with Crippen LogP contribution in [-0.4, -0.2) is 11.9 Å². The van der Waals surface area contributed by atoms with Crippen LogP contribution in [0.3, 0.4) is 0 Å². The summed E-state index contributed by atoms with van der Waals surface area (Å²) in [5, 5.41) is 2.32. The maximum atomic E-state index is 12.9. The van der Waals surface area contributed by atoms with Crippen LogP contribution in [0.2, 0.25) is 0 Å². The highest BCUT2D eigenvalue weighted by molar-refractivity contribution is 9.10. The number of nitrogens with two attached hydrogens (primary N) is 1. The van der Waals surface area contributed by atoms with Crippen LogP contribution in [-0.2, 0) is 11.0 Å². The Hall–Kier alpha value is -1.34. The summed E-state index contributed by atoms with van der Waals surface area (Å²) in [5.41, 5.74) is 4.49. The molecule has 20 heavy (non-hydrogen) atoms. The van der Waals surface area contributed by atoms with Crippen molar-refractivity contribution in [3.63, 3.8) is 0 Å². The number of hydrogen-bond acceptors (Lipinski definition) is 2. The van der Waals surface area contributed by atoms with Crippen molar-refractivity contribution in [1.82, 2.24) is 0 Å². The first-order valence-electron chi connectivity index (χ1n) is 5.89. The summed E-state index contributed by atoms with van der Waals surface area (Å²) in [6.45, 7) is 0. The van der Waals surface area contributed by atoms with Crippen LogP contribution in [0.25, 0.3) is 0 Å². The molecule has 1 aromatic carbocycles. The molecule has 1 amide bonds. The number of carbonyl (C=O) groups is 1. The van der Waals surface area contributed by atoms with Gasteiger partial charge in [0.1, 0.15) is 0 Å². The van der Waals surface area contributed by atoms with Crippen molar-refractivity contribution in [2.24, 2.45) is 11.7 Å². The lowest BCUT2D eigenvalue weighted by atomic mass is 10.1. The van der Waals surface area contributed by atoms with Gasteiger partial charge in [0.2, 0.25) is 5.91 Å². The Kier molecular flexibility index (Phi) is 4.19. The predicted molar refractivity (Wildman–Crippen MR) is 73.0 cm³/mol. The topological polar surface area (TPSA) is 55.1 Å². The highest BCUT2D eigenvalue weighted by Gasteiger charge is 2.34. The largest absolute Gasteiger partial charge is 0.418 e. The molecule has 0 saturated carbocycles. The molecule has 1 aliphatic carbocycles. The average molecular weight is 349 g/mol. The second kappa shape index (κ2) is 5.57. The predicted octanol–water partition coefficient (Wildman–Crippen LogP) is 3.31. The lowest BCUT2D eigenvalue weighted by molar-refractivity contribution is -0.137. The summed E-state index contributed by atoms with van der Waals surface area (Å²) in [6.07, 6.45) is -0.833. The van der Waals surface area contributed by atoms with Gasteiger partial charge in [0.15, 0.2) is 0 Å². The van der Waals surface area contributed by atoms with Crippen molar-refractivity contribution < 1.29 is 18.0 Å². The Morgan fingerprint density at radius 1 is 1.35 bits per heavy atom. The molecule has 2 rings (SSSR count). The monoisotopic (exact) mass is 348 g/mol. The van der Waals surface area contributed by atoms with E-state index in [-0.39, 0.29) is 11.7 Å². The highest BCUT2D eigenvalue weighted by Crippen LogP contribution is 2.37. The van der Waals surface area contributed by atoms with Gasteiger partial charge in [0.25, 0.3) is 0 Å². The summed E-state index contributed by atoms with van der Waals surface area (Å²) in [6, 6.07) is 3.38. The van der Waals surface area contributed by atoms with Crippen molar-refractivity contribution in [2.45, 2.75) is 18.6 Å². The molecule has 1 aromatic rings. The molecule has 2 atom stereocenters. The number of alkyl halides is 3. The lowest BCUT2D eigenvalue weighted by Crippen LogP contribution is -2.25. The second-order valence-electron chi connectivity index (χ2n) is 4.57. The first-order chi connectivity index (χ1) is 9.27. The third kappa shape index (κ3) is 3.40. The Morgan fingerprint density at radius 3 is 2.60 bits per heavy atom. The molecule has 0 bridgehead atoms. The van der Waals surface area contributed by atoms with Crippen LogP contribution in [0.15, 0.2) is 34.8 Å². The zero-order valence-electron chi connectivity index (χ0n) is 10.2. The quantitative estimate of drug-likeness (QED) is 0.805. The van der Waals surface area contributed by atoms with Gasteiger partial charge in [0.05, 0.1) is 17.2 Å². The number of amides is 1. The summed E-state index contributed by atoms with van der Waals surface area (Å²) < 4.78 is 39.0.